The van der Waals surface area contributed by atoms with Crippen molar-refractivity contribution in [1.82, 2.24) is 10.3 Å². The molecule has 2 heterocycles. The van der Waals surface area contributed by atoms with Gasteiger partial charge < -0.3 is 14.5 Å². The summed E-state index contributed by atoms with van der Waals surface area (Å²) in [4.78, 5) is 26.1. The Bertz CT molecular complexity index is 753. The summed E-state index contributed by atoms with van der Waals surface area (Å²) in [5.41, 5.74) is 0. The lowest BCUT2D eigenvalue weighted by atomic mass is 9.93. The van der Waals surface area contributed by atoms with Crippen LogP contribution in [0.15, 0.2) is 34.9 Å². The van der Waals surface area contributed by atoms with Crippen molar-refractivity contribution in [3.63, 3.8) is 0 Å². The standard InChI is InChI=1S/C16H16ClN3O5/c17-10-1-7-14(18-9-10)24-12-4-2-11(3-5-12)19-16(21)13-6-8-15(25-13)20(22)23/h1,6-9,11-12H,2-5H2,(H,19,21). The van der Waals surface area contributed by atoms with Gasteiger partial charge in [0.15, 0.2) is 5.76 Å². The highest BCUT2D eigenvalue weighted by Gasteiger charge is 2.26. The van der Waals surface area contributed by atoms with E-state index in [1.54, 1.807) is 12.1 Å². The van der Waals surface area contributed by atoms with Gasteiger partial charge in [-0.25, -0.2) is 4.98 Å². The van der Waals surface area contributed by atoms with Crippen molar-refractivity contribution >= 4 is 23.4 Å². The Morgan fingerprint density at radius 3 is 2.64 bits per heavy atom. The predicted octanol–water partition coefficient (Wildman–Crippen LogP) is 3.36. The topological polar surface area (TPSA) is 108 Å². The van der Waals surface area contributed by atoms with Gasteiger partial charge in [0.1, 0.15) is 11.0 Å². The zero-order chi connectivity index (χ0) is 17.8. The van der Waals surface area contributed by atoms with Gasteiger partial charge in [0, 0.05) is 18.3 Å². The molecule has 132 valence electrons. The van der Waals surface area contributed by atoms with E-state index in [0.29, 0.717) is 10.9 Å². The molecule has 25 heavy (non-hydrogen) atoms. The molecular formula is C16H16ClN3O5. The van der Waals surface area contributed by atoms with Crippen molar-refractivity contribution in [2.45, 2.75) is 37.8 Å². The molecule has 0 aromatic carbocycles. The summed E-state index contributed by atoms with van der Waals surface area (Å²) in [5, 5.41) is 14.0. The number of nitrogens with one attached hydrogen (secondary N) is 1. The van der Waals surface area contributed by atoms with E-state index in [9.17, 15) is 14.9 Å². The number of nitrogens with zero attached hydrogens (tertiary/aromatic N) is 2. The van der Waals surface area contributed by atoms with Gasteiger partial charge in [0.2, 0.25) is 5.88 Å². The molecule has 0 bridgehead atoms. The minimum absolute atomic E-state index is 0.0188. The number of carbonyl (C=O) groups is 1. The minimum atomic E-state index is -0.676. The normalized spacial score (nSPS) is 20.0. The number of amides is 1. The molecule has 0 radical (unpaired) electrons. The monoisotopic (exact) mass is 365 g/mol. The average molecular weight is 366 g/mol. The number of nitro groups is 1. The van der Waals surface area contributed by atoms with Crippen LogP contribution in [0, 0.1) is 10.1 Å². The van der Waals surface area contributed by atoms with E-state index in [4.69, 9.17) is 20.8 Å². The Morgan fingerprint density at radius 1 is 1.28 bits per heavy atom. The first-order valence-corrected chi connectivity index (χ1v) is 8.22. The maximum absolute atomic E-state index is 12.1. The van der Waals surface area contributed by atoms with Crippen LogP contribution in [0.2, 0.25) is 5.02 Å². The molecule has 0 unspecified atom stereocenters. The van der Waals surface area contributed by atoms with Gasteiger partial charge in [-0.3, -0.25) is 14.9 Å². The Balaban J connectivity index is 1.47. The fraction of sp³-hybridized carbons (Fsp3) is 0.375. The summed E-state index contributed by atoms with van der Waals surface area (Å²) in [6.45, 7) is 0. The highest BCUT2D eigenvalue weighted by molar-refractivity contribution is 6.30. The summed E-state index contributed by atoms with van der Waals surface area (Å²) < 4.78 is 10.7. The smallest absolute Gasteiger partial charge is 0.433 e. The highest BCUT2D eigenvalue weighted by Crippen LogP contribution is 2.24. The first-order valence-electron chi connectivity index (χ1n) is 7.84. The van der Waals surface area contributed by atoms with Gasteiger partial charge in [-0.15, -0.1) is 0 Å². The van der Waals surface area contributed by atoms with Crippen molar-refractivity contribution in [3.8, 4) is 5.88 Å². The van der Waals surface area contributed by atoms with Gasteiger partial charge >= 0.3 is 5.88 Å². The van der Waals surface area contributed by atoms with Gasteiger partial charge in [-0.2, -0.15) is 0 Å². The van der Waals surface area contributed by atoms with E-state index in [1.807, 2.05) is 0 Å². The second-order valence-corrected chi connectivity index (χ2v) is 6.21. The van der Waals surface area contributed by atoms with Crippen molar-refractivity contribution in [1.29, 1.82) is 0 Å². The van der Waals surface area contributed by atoms with Gasteiger partial charge in [0.05, 0.1) is 11.1 Å². The number of halogens is 1. The number of hydrogen-bond donors (Lipinski definition) is 1. The van der Waals surface area contributed by atoms with E-state index in [1.165, 1.54) is 18.3 Å². The average Bonchev–Trinajstić information content (AvgIpc) is 3.09. The fourth-order valence-electron chi connectivity index (χ4n) is 2.73. The van der Waals surface area contributed by atoms with Crippen LogP contribution in [0.4, 0.5) is 5.88 Å². The van der Waals surface area contributed by atoms with Crippen molar-refractivity contribution < 1.29 is 18.9 Å². The number of aromatic nitrogens is 1. The summed E-state index contributed by atoms with van der Waals surface area (Å²) >= 11 is 5.79. The molecule has 1 fully saturated rings. The molecule has 3 rings (SSSR count). The lowest BCUT2D eigenvalue weighted by Gasteiger charge is -2.28. The van der Waals surface area contributed by atoms with E-state index < -0.39 is 16.7 Å². The first kappa shape index (κ1) is 17.2. The molecule has 1 N–H and O–H groups in total. The number of carbonyl (C=O) groups excluding carboxylic acids is 1. The molecular weight excluding hydrogens is 350 g/mol. The molecule has 9 heteroatoms. The molecule has 2 aromatic rings. The lowest BCUT2D eigenvalue weighted by Crippen LogP contribution is -2.39. The third kappa shape index (κ3) is 4.48. The quantitative estimate of drug-likeness (QED) is 0.643. The molecule has 0 aliphatic heterocycles. The van der Waals surface area contributed by atoms with Crippen LogP contribution >= 0.6 is 11.6 Å². The molecule has 1 amide bonds. The third-order valence-electron chi connectivity index (χ3n) is 3.99. The van der Waals surface area contributed by atoms with Crippen LogP contribution in [0.3, 0.4) is 0 Å². The van der Waals surface area contributed by atoms with Crippen LogP contribution in [0.5, 0.6) is 5.88 Å². The van der Waals surface area contributed by atoms with Crippen molar-refractivity contribution in [2.75, 3.05) is 0 Å². The fourth-order valence-corrected chi connectivity index (χ4v) is 2.84. The van der Waals surface area contributed by atoms with Crippen LogP contribution in [0.1, 0.15) is 36.2 Å². The lowest BCUT2D eigenvalue weighted by molar-refractivity contribution is -0.402. The molecule has 1 aliphatic carbocycles. The van der Waals surface area contributed by atoms with Gasteiger partial charge in [-0.05, 0) is 37.8 Å². The second kappa shape index (κ2) is 7.52. The number of pyridine rings is 1. The van der Waals surface area contributed by atoms with Gasteiger partial charge in [0.25, 0.3) is 5.91 Å². The highest BCUT2D eigenvalue weighted by atomic mass is 35.5. The summed E-state index contributed by atoms with van der Waals surface area (Å²) in [6.07, 6.45) is 4.60. The molecule has 1 aliphatic rings. The maximum atomic E-state index is 12.1. The SMILES string of the molecule is O=C(NC1CCC(Oc2ccc(Cl)cn2)CC1)c1ccc([N+](=O)[O-])o1. The third-order valence-corrected chi connectivity index (χ3v) is 4.22. The number of rotatable bonds is 5. The van der Waals surface area contributed by atoms with E-state index in [-0.39, 0.29) is 17.9 Å². The molecule has 1 saturated carbocycles. The summed E-state index contributed by atoms with van der Waals surface area (Å²) in [6, 6.07) is 5.89. The second-order valence-electron chi connectivity index (χ2n) is 5.77. The zero-order valence-corrected chi connectivity index (χ0v) is 13.9. The Morgan fingerprint density at radius 2 is 2.04 bits per heavy atom. The van der Waals surface area contributed by atoms with E-state index in [2.05, 4.69) is 10.3 Å². The summed E-state index contributed by atoms with van der Waals surface area (Å²) in [5.74, 6) is -0.426. The molecule has 0 spiro atoms. The van der Waals surface area contributed by atoms with Crippen molar-refractivity contribution in [2.24, 2.45) is 0 Å². The van der Waals surface area contributed by atoms with Crippen molar-refractivity contribution in [3.05, 3.63) is 51.4 Å². The van der Waals surface area contributed by atoms with E-state index >= 15 is 0 Å². The minimum Gasteiger partial charge on any atom is -0.474 e. The molecule has 0 saturated heterocycles. The number of hydrogen-bond acceptors (Lipinski definition) is 6. The zero-order valence-electron chi connectivity index (χ0n) is 13.2. The van der Waals surface area contributed by atoms with E-state index in [0.717, 1.165) is 25.7 Å². The number of ether oxygens (including phenoxy) is 1. The molecule has 0 atom stereocenters. The Hall–Kier alpha value is -2.61. The molecule has 8 nitrogen and oxygen atoms in total. The first-order chi connectivity index (χ1) is 12.0. The van der Waals surface area contributed by atoms with Crippen LogP contribution in [0.25, 0.3) is 0 Å². The van der Waals surface area contributed by atoms with Crippen LogP contribution < -0.4 is 10.1 Å². The maximum Gasteiger partial charge on any atom is 0.433 e. The Labute approximate surface area is 148 Å². The largest absolute Gasteiger partial charge is 0.474 e. The molecule has 2 aromatic heterocycles. The summed E-state index contributed by atoms with van der Waals surface area (Å²) in [7, 11) is 0. The Kier molecular flexibility index (Phi) is 5.18. The van der Waals surface area contributed by atoms with Gasteiger partial charge in [-0.1, -0.05) is 11.6 Å². The van der Waals surface area contributed by atoms with Crippen LogP contribution in [-0.2, 0) is 0 Å². The van der Waals surface area contributed by atoms with Crippen LogP contribution in [-0.4, -0.2) is 28.0 Å². The number of furan rings is 1. The predicted molar refractivity (Wildman–Crippen MR) is 88.7 cm³/mol.